The van der Waals surface area contributed by atoms with Gasteiger partial charge in [-0.05, 0) is 43.2 Å². The molecule has 0 bridgehead atoms. The summed E-state index contributed by atoms with van der Waals surface area (Å²) in [4.78, 5) is 19.3. The predicted molar refractivity (Wildman–Crippen MR) is 105 cm³/mol. The molecule has 5 nitrogen and oxygen atoms in total. The van der Waals surface area contributed by atoms with Crippen LogP contribution in [0.5, 0.6) is 0 Å². The fraction of sp³-hybridized carbons (Fsp3) is 0.150. The highest BCUT2D eigenvalue weighted by atomic mass is 35.5. The Kier molecular flexibility index (Phi) is 4.31. The fourth-order valence-corrected chi connectivity index (χ4v) is 3.29. The summed E-state index contributed by atoms with van der Waals surface area (Å²) in [5.41, 5.74) is 4.65. The lowest BCUT2D eigenvalue weighted by Gasteiger charge is -2.06. The molecule has 0 saturated heterocycles. The first-order chi connectivity index (χ1) is 12.6. The number of aromatic amines is 2. The van der Waals surface area contributed by atoms with Crippen LogP contribution in [-0.2, 0) is 6.42 Å². The summed E-state index contributed by atoms with van der Waals surface area (Å²) in [6, 6.07) is 15.5. The number of nitrogens with zero attached hydrogens (tertiary/aromatic N) is 2. The molecule has 2 aromatic heterocycles. The van der Waals surface area contributed by atoms with Crippen LogP contribution in [0.3, 0.4) is 0 Å². The summed E-state index contributed by atoms with van der Waals surface area (Å²) >= 11 is 5.89. The van der Waals surface area contributed by atoms with Crippen molar-refractivity contribution in [1.82, 2.24) is 20.2 Å². The summed E-state index contributed by atoms with van der Waals surface area (Å²) in [6.45, 7) is 2.04. The Morgan fingerprint density at radius 1 is 1.08 bits per heavy atom. The van der Waals surface area contributed by atoms with Gasteiger partial charge in [0, 0.05) is 34.0 Å². The number of fused-ring (bicyclic) bond motifs is 1. The summed E-state index contributed by atoms with van der Waals surface area (Å²) in [5.74, 6) is 1.81. The lowest BCUT2D eigenvalue weighted by molar-refractivity contribution is 1.10. The van der Waals surface area contributed by atoms with E-state index in [0.717, 1.165) is 33.2 Å². The molecule has 0 aliphatic rings. The molecule has 0 amide bonds. The number of nitrogens with one attached hydrogen (secondary N) is 2. The normalized spacial score (nSPS) is 11.2. The number of aryl methyl sites for hydroxylation is 2. The first-order valence-electron chi connectivity index (χ1n) is 8.36. The Morgan fingerprint density at radius 2 is 1.96 bits per heavy atom. The summed E-state index contributed by atoms with van der Waals surface area (Å²) in [5, 5.41) is 8.32. The van der Waals surface area contributed by atoms with Crippen molar-refractivity contribution in [1.29, 1.82) is 0 Å². The highest BCUT2D eigenvalue weighted by Crippen LogP contribution is 2.25. The van der Waals surface area contributed by atoms with Crippen LogP contribution < -0.4 is 5.56 Å². The van der Waals surface area contributed by atoms with Gasteiger partial charge >= 0.3 is 0 Å². The van der Waals surface area contributed by atoms with E-state index >= 15 is 0 Å². The van der Waals surface area contributed by atoms with E-state index in [1.165, 1.54) is 0 Å². The summed E-state index contributed by atoms with van der Waals surface area (Å²) in [7, 11) is 0. The number of H-pyrrole nitrogens is 2. The molecule has 6 heteroatoms. The maximum Gasteiger partial charge on any atom is 0.248 e. The molecule has 0 unspecified atom stereocenters. The quantitative estimate of drug-likeness (QED) is 0.536. The Morgan fingerprint density at radius 3 is 2.77 bits per heavy atom. The average molecular weight is 365 g/mol. The van der Waals surface area contributed by atoms with E-state index < -0.39 is 0 Å². The lowest BCUT2D eigenvalue weighted by atomic mass is 10.0. The van der Waals surface area contributed by atoms with E-state index in [1.54, 1.807) is 6.07 Å². The van der Waals surface area contributed by atoms with E-state index in [2.05, 4.69) is 26.2 Å². The second-order valence-corrected chi connectivity index (χ2v) is 6.61. The zero-order chi connectivity index (χ0) is 18.1. The number of benzene rings is 2. The minimum Gasteiger partial charge on any atom is -0.322 e. The topological polar surface area (TPSA) is 74.4 Å². The largest absolute Gasteiger partial charge is 0.322 e. The van der Waals surface area contributed by atoms with Crippen molar-refractivity contribution in [3.63, 3.8) is 0 Å². The van der Waals surface area contributed by atoms with Gasteiger partial charge in [0.25, 0.3) is 0 Å². The number of rotatable bonds is 4. The van der Waals surface area contributed by atoms with Gasteiger partial charge in [-0.2, -0.15) is 5.10 Å². The average Bonchev–Trinajstić information content (AvgIpc) is 3.12. The number of hydrogen-bond acceptors (Lipinski definition) is 3. The number of hydrogen-bond donors (Lipinski definition) is 2. The molecular weight excluding hydrogens is 348 g/mol. The van der Waals surface area contributed by atoms with Crippen molar-refractivity contribution in [2.24, 2.45) is 0 Å². The van der Waals surface area contributed by atoms with Crippen molar-refractivity contribution >= 4 is 22.5 Å². The second-order valence-electron chi connectivity index (χ2n) is 6.24. The van der Waals surface area contributed by atoms with Gasteiger partial charge in [-0.1, -0.05) is 23.8 Å². The van der Waals surface area contributed by atoms with E-state index in [-0.39, 0.29) is 5.56 Å². The van der Waals surface area contributed by atoms with E-state index in [4.69, 9.17) is 11.6 Å². The van der Waals surface area contributed by atoms with Gasteiger partial charge in [0.2, 0.25) is 5.56 Å². The first kappa shape index (κ1) is 16.5. The van der Waals surface area contributed by atoms with E-state index in [1.807, 2.05) is 43.3 Å². The van der Waals surface area contributed by atoms with Crippen LogP contribution in [-0.4, -0.2) is 26.0 Å². The fourth-order valence-electron chi connectivity index (χ4n) is 3.08. The van der Waals surface area contributed by atoms with Crippen LogP contribution in [0.25, 0.3) is 33.7 Å². The van der Waals surface area contributed by atoms with Gasteiger partial charge in [-0.3, -0.25) is 9.89 Å². The molecule has 0 radical (unpaired) electrons. The van der Waals surface area contributed by atoms with Crippen LogP contribution in [0.2, 0.25) is 0 Å². The van der Waals surface area contributed by atoms with Gasteiger partial charge in [-0.15, -0.1) is 11.6 Å². The molecule has 0 atom stereocenters. The number of pyridine rings is 1. The summed E-state index contributed by atoms with van der Waals surface area (Å²) in [6.07, 6.45) is 0.635. The van der Waals surface area contributed by atoms with Crippen molar-refractivity contribution in [3.05, 3.63) is 70.0 Å². The third kappa shape index (κ3) is 3.13. The molecule has 4 aromatic rings. The lowest BCUT2D eigenvalue weighted by Crippen LogP contribution is -2.07. The Hall–Kier alpha value is -2.92. The molecule has 130 valence electrons. The zero-order valence-corrected chi connectivity index (χ0v) is 15.0. The van der Waals surface area contributed by atoms with Crippen LogP contribution in [0.15, 0.2) is 53.3 Å². The van der Waals surface area contributed by atoms with Crippen LogP contribution in [0, 0.1) is 6.92 Å². The van der Waals surface area contributed by atoms with Crippen LogP contribution in [0.1, 0.15) is 11.1 Å². The third-order valence-corrected chi connectivity index (χ3v) is 4.52. The minimum atomic E-state index is -0.119. The molecule has 26 heavy (non-hydrogen) atoms. The van der Waals surface area contributed by atoms with Crippen LogP contribution >= 0.6 is 11.6 Å². The zero-order valence-electron chi connectivity index (χ0n) is 14.2. The minimum absolute atomic E-state index is 0.119. The van der Waals surface area contributed by atoms with E-state index in [0.29, 0.717) is 23.9 Å². The van der Waals surface area contributed by atoms with E-state index in [9.17, 15) is 4.79 Å². The maximum absolute atomic E-state index is 11.8. The predicted octanol–water partition coefficient (Wildman–Crippen LogP) is 4.07. The molecule has 2 heterocycles. The highest BCUT2D eigenvalue weighted by Gasteiger charge is 2.10. The SMILES string of the molecule is Cc1cccc(-c2n[nH]c(-c3ccc4[nH]c(=O)cc(CCCl)c4c3)n2)c1. The summed E-state index contributed by atoms with van der Waals surface area (Å²) < 4.78 is 0. The van der Waals surface area contributed by atoms with Gasteiger partial charge in [-0.25, -0.2) is 4.98 Å². The number of halogens is 1. The van der Waals surface area contributed by atoms with Gasteiger partial charge in [0.05, 0.1) is 0 Å². The molecule has 0 spiro atoms. The molecule has 0 aliphatic heterocycles. The molecule has 2 aromatic carbocycles. The van der Waals surface area contributed by atoms with Crippen molar-refractivity contribution in [3.8, 4) is 22.8 Å². The second kappa shape index (κ2) is 6.77. The van der Waals surface area contributed by atoms with Crippen molar-refractivity contribution < 1.29 is 0 Å². The maximum atomic E-state index is 11.8. The van der Waals surface area contributed by atoms with Gasteiger partial charge in [0.1, 0.15) is 0 Å². The molecular formula is C20H17ClN4O. The van der Waals surface area contributed by atoms with Crippen molar-refractivity contribution in [2.45, 2.75) is 13.3 Å². The first-order valence-corrected chi connectivity index (χ1v) is 8.89. The Balaban J connectivity index is 1.79. The standard InChI is InChI=1S/C20H17ClN4O/c1-12-3-2-4-14(9-12)19-23-20(25-24-19)15-5-6-17-16(10-15)13(7-8-21)11-18(26)22-17/h2-6,9-11H,7-8H2,1H3,(H,22,26)(H,23,24,25). The number of alkyl halides is 1. The van der Waals surface area contributed by atoms with Crippen LogP contribution in [0.4, 0.5) is 0 Å². The number of aromatic nitrogens is 4. The molecule has 0 fully saturated rings. The Bertz CT molecular complexity index is 1150. The monoisotopic (exact) mass is 364 g/mol. The highest BCUT2D eigenvalue weighted by molar-refractivity contribution is 6.18. The molecule has 0 aliphatic carbocycles. The molecule has 0 saturated carbocycles. The molecule has 2 N–H and O–H groups in total. The molecule has 4 rings (SSSR count). The third-order valence-electron chi connectivity index (χ3n) is 4.33. The van der Waals surface area contributed by atoms with Gasteiger partial charge < -0.3 is 4.98 Å². The van der Waals surface area contributed by atoms with Crippen molar-refractivity contribution in [2.75, 3.05) is 5.88 Å². The van der Waals surface area contributed by atoms with Gasteiger partial charge in [0.15, 0.2) is 11.6 Å². The smallest absolute Gasteiger partial charge is 0.248 e. The Labute approximate surface area is 155 Å².